The molecule has 34 heteroatoms. The maximum Gasteiger partial charge on any atom is 0.407 e. The first-order chi connectivity index (χ1) is 58.1. The standard InChI is InChI=1S/C25H46N5O4PS.C20H40N3O4P.C16H33N2O2P.C15H32N3O2P.C12H13NO2S/c1-19(2)30(20(3)4)35(34-17-15-26-5)33-16-11-7-6-10-14-27-23(31)13-9-8-12-22-24-21(18-36-22)28-25(32)29-24;1-17(2)23(18(3)4)28(26-16-14-21-8)25-15-12-10-9-11-13-22-19(24)27-20(5,6)7;1-7-8-9-10-11-13-19-21(20-14-12-17-6)18(15(2)3)16(4)5;1-14(2)18(15(3)4)21(20-13-11-17-5)19-12-9-7-6-8-10-16;1-13(2)11-7-3-6-10-9(11)5-4-8-12(10)16(14)15/h19-22,24H,6-18H2,1-4H3,(H,27,31)(H2,28,29,32);17-18H,9-16H2,1-7H3,(H,22,24);15-16H,7-14H2,1-5H3;14-15H,6-13,16H2,1-4H3;3-8H,1-2H3,(H,14,15)/p-1. The van der Waals surface area contributed by atoms with Crippen LogP contribution in [0.15, 0.2) is 41.3 Å². The number of anilines is 1. The summed E-state index contributed by atoms with van der Waals surface area (Å²) in [6.45, 7) is 77.8. The molecule has 8 unspecified atom stereocenters. The van der Waals surface area contributed by atoms with E-state index in [4.69, 9.17) is 72.9 Å². The summed E-state index contributed by atoms with van der Waals surface area (Å²) in [4.78, 5) is 50.9. The quantitative estimate of drug-likeness (QED) is 0.0135. The number of carbonyl (C=O) groups is 3. The molecule has 4 amide bonds. The van der Waals surface area contributed by atoms with E-state index in [2.05, 4.69) is 177 Å². The van der Waals surface area contributed by atoms with E-state index in [9.17, 15) is 23.1 Å². The molecule has 0 aliphatic carbocycles. The van der Waals surface area contributed by atoms with Gasteiger partial charge in [0.15, 0.2) is 0 Å². The van der Waals surface area contributed by atoms with Crippen LogP contribution in [0.5, 0.6) is 0 Å². The van der Waals surface area contributed by atoms with E-state index < -0.39 is 50.8 Å². The van der Waals surface area contributed by atoms with Crippen molar-refractivity contribution in [1.82, 2.24) is 39.9 Å². The zero-order chi connectivity index (χ0) is 91.8. The van der Waals surface area contributed by atoms with Gasteiger partial charge in [-0.25, -0.2) is 54.6 Å². The monoisotopic (exact) mass is 1830 g/mol. The van der Waals surface area contributed by atoms with Crippen molar-refractivity contribution < 1.29 is 64.1 Å². The summed E-state index contributed by atoms with van der Waals surface area (Å²) >= 11 is -0.270. The fraction of sp³-hybridized carbons (Fsp3) is 0.807. The minimum atomic E-state index is -2.19. The molecule has 0 aromatic heterocycles. The minimum Gasteiger partial charge on any atom is -0.768 e. The van der Waals surface area contributed by atoms with E-state index in [0.717, 1.165) is 145 Å². The van der Waals surface area contributed by atoms with E-state index in [0.29, 0.717) is 144 Å². The number of carbonyl (C=O) groups excluding carboxylic acids is 3. The Labute approximate surface area is 751 Å². The molecule has 28 nitrogen and oxygen atoms in total. The number of nitrogens with one attached hydrogen (secondary N) is 4. The number of rotatable bonds is 61. The Morgan fingerprint density at radius 1 is 0.516 bits per heavy atom. The van der Waals surface area contributed by atoms with E-state index in [1.54, 1.807) is 12.1 Å². The number of hydrogen-bond acceptors (Lipinski definition) is 21. The number of nitrogens with zero attached hydrogens (tertiary/aromatic N) is 9. The third kappa shape index (κ3) is 55.1. The third-order valence-electron chi connectivity index (χ3n) is 18.5. The van der Waals surface area contributed by atoms with Crippen molar-refractivity contribution in [2.24, 2.45) is 5.73 Å². The number of nitrogens with two attached hydrogens (primary N) is 1. The Hall–Kier alpha value is -3.87. The molecule has 0 saturated carbocycles. The molecule has 2 fully saturated rings. The molecular formula is C88H163N14O14P4S2-. The average Bonchev–Trinajstić information content (AvgIpc) is 1.17. The lowest BCUT2D eigenvalue weighted by atomic mass is 10.0. The van der Waals surface area contributed by atoms with Crippen LogP contribution in [0.1, 0.15) is 273 Å². The van der Waals surface area contributed by atoms with E-state index in [1.807, 2.05) is 75.8 Å². The van der Waals surface area contributed by atoms with Gasteiger partial charge in [-0.05, 0) is 224 Å². The Balaban J connectivity index is 0.00000154. The number of benzene rings is 2. The van der Waals surface area contributed by atoms with Gasteiger partial charge in [0.2, 0.25) is 32.1 Å². The van der Waals surface area contributed by atoms with Crippen LogP contribution >= 0.6 is 45.9 Å². The largest absolute Gasteiger partial charge is 0.768 e. The van der Waals surface area contributed by atoms with Crippen LogP contribution in [0.2, 0.25) is 0 Å². The molecule has 0 bridgehead atoms. The summed E-state index contributed by atoms with van der Waals surface area (Å²) in [5, 5.41) is 14.0. The number of thioether (sulfide) groups is 1. The Kier molecular flexibility index (Phi) is 70.7. The van der Waals surface area contributed by atoms with Crippen molar-refractivity contribution >= 4 is 91.4 Å². The second-order valence-electron chi connectivity index (χ2n) is 33.3. The van der Waals surface area contributed by atoms with Gasteiger partial charge >= 0.3 is 12.1 Å². The summed E-state index contributed by atoms with van der Waals surface area (Å²) in [7, 11) is -0.547. The van der Waals surface area contributed by atoms with Gasteiger partial charge in [-0.3, -0.25) is 9.00 Å². The maximum atomic E-state index is 12.1. The number of hydrogen-bond donors (Lipinski definition) is 5. The number of ether oxygens (including phenoxy) is 1. The number of unbranched alkanes of at least 4 members (excludes halogenated alkanes) is 14. The van der Waals surface area contributed by atoms with Crippen molar-refractivity contribution in [2.45, 2.75) is 349 Å². The number of alkyl carbamates (subject to hydrolysis) is 1. The highest BCUT2D eigenvalue weighted by Gasteiger charge is 2.43. The Bertz CT molecular complexity index is 3130. The molecule has 0 radical (unpaired) electrons. The van der Waals surface area contributed by atoms with Crippen molar-refractivity contribution in [2.75, 3.05) is 123 Å². The van der Waals surface area contributed by atoms with Crippen molar-refractivity contribution in [3.8, 4) is 0 Å². The van der Waals surface area contributed by atoms with E-state index in [1.165, 1.54) is 25.7 Å². The predicted molar refractivity (Wildman–Crippen MR) is 509 cm³/mol. The fourth-order valence-electron chi connectivity index (χ4n) is 13.2. The molecular weight excluding hydrogens is 1670 g/mol. The van der Waals surface area contributed by atoms with Crippen molar-refractivity contribution in [1.29, 1.82) is 0 Å². The van der Waals surface area contributed by atoms with E-state index in [-0.39, 0.29) is 30.1 Å². The lowest BCUT2D eigenvalue weighted by Crippen LogP contribution is -2.36. The van der Waals surface area contributed by atoms with Crippen LogP contribution in [0.4, 0.5) is 15.3 Å². The fourth-order valence-corrected chi connectivity index (χ4v) is 21.7. The summed E-state index contributed by atoms with van der Waals surface area (Å²) < 4.78 is 84.0. The first-order valence-corrected chi connectivity index (χ1v) is 51.4. The molecule has 0 spiro atoms. The molecule has 2 aliphatic heterocycles. The van der Waals surface area contributed by atoms with Crippen LogP contribution in [-0.4, -0.2) is 235 Å². The summed E-state index contributed by atoms with van der Waals surface area (Å²) in [6.07, 6.45) is 21.7. The summed E-state index contributed by atoms with van der Waals surface area (Å²) in [5.74, 6) is 1.11. The zero-order valence-electron chi connectivity index (χ0n) is 78.9. The zero-order valence-corrected chi connectivity index (χ0v) is 84.1. The molecule has 2 saturated heterocycles. The number of urea groups is 1. The highest BCUT2D eigenvalue weighted by atomic mass is 32.2. The molecule has 6 N–H and O–H groups in total. The average molecular weight is 1830 g/mol. The van der Waals surface area contributed by atoms with Gasteiger partial charge in [-0.2, -0.15) is 11.8 Å². The van der Waals surface area contributed by atoms with Gasteiger partial charge in [0.1, 0.15) is 32.0 Å². The molecule has 2 aromatic rings. The van der Waals surface area contributed by atoms with Crippen LogP contribution in [0, 0.1) is 26.3 Å². The van der Waals surface area contributed by atoms with Crippen LogP contribution < -0.4 is 31.9 Å². The maximum absolute atomic E-state index is 12.1. The van der Waals surface area contributed by atoms with Crippen LogP contribution in [0.3, 0.4) is 0 Å². The van der Waals surface area contributed by atoms with Gasteiger partial charge in [0.25, 0.3) is 34.1 Å². The highest BCUT2D eigenvalue weighted by molar-refractivity contribution is 8.00. The van der Waals surface area contributed by atoms with Gasteiger partial charge in [0.05, 0.1) is 38.5 Å². The Morgan fingerprint density at radius 2 is 0.877 bits per heavy atom. The first-order valence-electron chi connectivity index (χ1n) is 44.7. The lowest BCUT2D eigenvalue weighted by Gasteiger charge is -2.35. The number of amides is 4. The lowest BCUT2D eigenvalue weighted by molar-refractivity contribution is -0.121. The number of fused-ring (bicyclic) bond motifs is 2. The Morgan fingerprint density at radius 3 is 1.24 bits per heavy atom. The summed E-state index contributed by atoms with van der Waals surface area (Å²) in [5.41, 5.74) is 6.04. The first kappa shape index (κ1) is 118. The van der Waals surface area contributed by atoms with Gasteiger partial charge in [0, 0.05) is 109 Å². The van der Waals surface area contributed by atoms with Gasteiger partial charge in [-0.15, -0.1) is 0 Å². The van der Waals surface area contributed by atoms with Crippen molar-refractivity contribution in [3.63, 3.8) is 0 Å². The molecule has 8 atom stereocenters. The molecule has 122 heavy (non-hydrogen) atoms. The second-order valence-corrected chi connectivity index (χ2v) is 41.3. The second kappa shape index (κ2) is 73.0. The SMILES string of the molecule is CN(C)c1cccc2c(S(=O)[O-])cccc12.[C-]#[N+]CCOP(OCCCCCCC)N(C(C)C)C(C)C.[C-]#[N+]CCOP(OCCCCCCN)N(C(C)C)C(C)C.[C-]#[N+]CCOP(OCCCCCCNC(=O)CCCCC1SCC2NC(=O)NC21)N(C(C)C)C(C)C.[C-]#[N+]CCOP(OCCCCCCNC(=O)OC(C)(C)C)N(C(C)C)C(C)C. The molecule has 702 valence electrons. The van der Waals surface area contributed by atoms with E-state index >= 15 is 0 Å². The topological polar surface area (TPSA) is 282 Å². The van der Waals surface area contributed by atoms with Gasteiger partial charge < -0.3 is 96.8 Å². The van der Waals surface area contributed by atoms with Gasteiger partial charge in [-0.1, -0.05) is 102 Å². The normalized spacial score (nSPS) is 15.6. The molecule has 2 aliphatic rings. The predicted octanol–water partition coefficient (Wildman–Crippen LogP) is 21.3. The highest BCUT2D eigenvalue weighted by Crippen LogP contribution is 2.49. The summed E-state index contributed by atoms with van der Waals surface area (Å²) in [6, 6.07) is 14.2. The smallest absolute Gasteiger partial charge is 0.407 e. The molecule has 2 aromatic carbocycles. The van der Waals surface area contributed by atoms with Crippen molar-refractivity contribution in [3.05, 3.63) is 82.1 Å². The molecule has 2 heterocycles. The minimum absolute atomic E-state index is 0.0434. The third-order valence-corrected chi connectivity index (χ3v) is 29.1. The van der Waals surface area contributed by atoms with Crippen LogP contribution in [0.25, 0.3) is 30.2 Å². The van der Waals surface area contributed by atoms with Crippen LogP contribution in [-0.2, 0) is 56.8 Å². The molecule has 4 rings (SSSR count).